The second-order valence-corrected chi connectivity index (χ2v) is 4.21. The van der Waals surface area contributed by atoms with Crippen LogP contribution in [-0.4, -0.2) is 27.5 Å². The maximum atomic E-state index is 12.9. The van der Waals surface area contributed by atoms with Crippen molar-refractivity contribution in [2.24, 2.45) is 0 Å². The van der Waals surface area contributed by atoms with E-state index in [0.29, 0.717) is 12.8 Å². The van der Waals surface area contributed by atoms with E-state index in [1.54, 1.807) is 0 Å². The highest BCUT2D eigenvalue weighted by Crippen LogP contribution is 2.14. The molecule has 5 nitrogen and oxygen atoms in total. The molecule has 0 aliphatic carbocycles. The van der Waals surface area contributed by atoms with Crippen LogP contribution in [0, 0.1) is 5.95 Å². The molecule has 6 heteroatoms. The molecule has 0 bridgehead atoms. The van der Waals surface area contributed by atoms with E-state index in [9.17, 15) is 14.0 Å². The lowest BCUT2D eigenvalue weighted by Crippen LogP contribution is -2.52. The molecule has 1 aromatic heterocycles. The summed E-state index contributed by atoms with van der Waals surface area (Å²) in [6.07, 6.45) is 2.05. The first-order valence-corrected chi connectivity index (χ1v) is 5.56. The smallest absolute Gasteiger partial charge is 0.329 e. The van der Waals surface area contributed by atoms with Gasteiger partial charge < -0.3 is 10.4 Å². The number of hydrogen-bond acceptors (Lipinski definition) is 3. The molecule has 0 saturated carbocycles. The monoisotopic (exact) mass is 254 g/mol. The number of hydrogen-bond donors (Lipinski definition) is 2. The Morgan fingerprint density at radius 1 is 1.56 bits per heavy atom. The first-order valence-electron chi connectivity index (χ1n) is 5.56. The van der Waals surface area contributed by atoms with E-state index < -0.39 is 23.4 Å². The first kappa shape index (κ1) is 14.1. The van der Waals surface area contributed by atoms with Crippen LogP contribution in [0.5, 0.6) is 0 Å². The van der Waals surface area contributed by atoms with Crippen LogP contribution >= 0.6 is 0 Å². The van der Waals surface area contributed by atoms with Crippen LogP contribution in [0.1, 0.15) is 37.0 Å². The number of carboxylic acid groups (broad SMARTS) is 1. The van der Waals surface area contributed by atoms with Crippen LogP contribution in [-0.2, 0) is 4.79 Å². The minimum absolute atomic E-state index is 0.0473. The zero-order valence-electron chi connectivity index (χ0n) is 10.2. The number of nitrogens with zero attached hydrogens (tertiary/aromatic N) is 1. The van der Waals surface area contributed by atoms with Crippen molar-refractivity contribution in [2.75, 3.05) is 0 Å². The maximum absolute atomic E-state index is 12.9. The van der Waals surface area contributed by atoms with Crippen LogP contribution in [0.15, 0.2) is 18.3 Å². The Labute approximate surface area is 104 Å². The summed E-state index contributed by atoms with van der Waals surface area (Å²) in [6.45, 7) is 3.24. The van der Waals surface area contributed by atoms with Gasteiger partial charge in [0.1, 0.15) is 5.54 Å². The molecule has 0 fully saturated rings. The van der Waals surface area contributed by atoms with Crippen molar-refractivity contribution < 1.29 is 19.1 Å². The second kappa shape index (κ2) is 5.57. The Bertz CT molecular complexity index is 464. The van der Waals surface area contributed by atoms with E-state index in [2.05, 4.69) is 10.3 Å². The predicted molar refractivity (Wildman–Crippen MR) is 62.6 cm³/mol. The summed E-state index contributed by atoms with van der Waals surface area (Å²) < 4.78 is 12.9. The highest BCUT2D eigenvalue weighted by molar-refractivity contribution is 5.97. The highest BCUT2D eigenvalue weighted by atomic mass is 19.1. The van der Waals surface area contributed by atoms with Crippen molar-refractivity contribution in [3.63, 3.8) is 0 Å². The van der Waals surface area contributed by atoms with Crippen molar-refractivity contribution in [1.82, 2.24) is 10.3 Å². The van der Waals surface area contributed by atoms with E-state index in [4.69, 9.17) is 5.11 Å². The fraction of sp³-hybridized carbons (Fsp3) is 0.417. The normalized spacial score (nSPS) is 13.7. The first-order chi connectivity index (χ1) is 8.39. The molecule has 1 aromatic rings. The SMILES string of the molecule is CCCC(C)(NC(=O)c1ccnc(F)c1)C(=O)O. The molecule has 1 heterocycles. The predicted octanol–water partition coefficient (Wildman–Crippen LogP) is 1.59. The van der Waals surface area contributed by atoms with Gasteiger partial charge in [-0.15, -0.1) is 0 Å². The maximum Gasteiger partial charge on any atom is 0.329 e. The van der Waals surface area contributed by atoms with Gasteiger partial charge in [-0.3, -0.25) is 4.79 Å². The Hall–Kier alpha value is -1.98. The fourth-order valence-corrected chi connectivity index (χ4v) is 1.59. The molecule has 0 radical (unpaired) electrons. The largest absolute Gasteiger partial charge is 0.480 e. The van der Waals surface area contributed by atoms with Gasteiger partial charge in [-0.1, -0.05) is 13.3 Å². The van der Waals surface area contributed by atoms with Gasteiger partial charge in [-0.2, -0.15) is 4.39 Å². The standard InChI is InChI=1S/C12H15FN2O3/c1-3-5-12(2,11(17)18)15-10(16)8-4-6-14-9(13)7-8/h4,6-7H,3,5H2,1-2H3,(H,15,16)(H,17,18). The minimum atomic E-state index is -1.36. The van der Waals surface area contributed by atoms with E-state index in [1.807, 2.05) is 6.92 Å². The quantitative estimate of drug-likeness (QED) is 0.782. The summed E-state index contributed by atoms with van der Waals surface area (Å²) in [4.78, 5) is 26.3. The number of carbonyl (C=O) groups is 2. The zero-order chi connectivity index (χ0) is 13.8. The molecular weight excluding hydrogens is 239 g/mol. The zero-order valence-corrected chi connectivity index (χ0v) is 10.2. The summed E-state index contributed by atoms with van der Waals surface area (Å²) in [7, 11) is 0. The van der Waals surface area contributed by atoms with Gasteiger partial charge in [-0.25, -0.2) is 9.78 Å². The molecule has 0 saturated heterocycles. The van der Waals surface area contributed by atoms with Crippen molar-refractivity contribution in [1.29, 1.82) is 0 Å². The third-order valence-electron chi connectivity index (χ3n) is 2.60. The molecule has 1 unspecified atom stereocenters. The molecule has 2 N–H and O–H groups in total. The summed E-state index contributed by atoms with van der Waals surface area (Å²) in [5.74, 6) is -2.53. The number of carbonyl (C=O) groups excluding carboxylic acids is 1. The van der Waals surface area contributed by atoms with Crippen LogP contribution < -0.4 is 5.32 Å². The third-order valence-corrected chi connectivity index (χ3v) is 2.60. The number of amides is 1. The third kappa shape index (κ3) is 3.26. The average Bonchev–Trinajstić information content (AvgIpc) is 2.29. The molecule has 0 spiro atoms. The van der Waals surface area contributed by atoms with E-state index in [0.717, 1.165) is 12.3 Å². The topological polar surface area (TPSA) is 79.3 Å². The lowest BCUT2D eigenvalue weighted by atomic mass is 9.96. The molecule has 1 atom stereocenters. The average molecular weight is 254 g/mol. The Morgan fingerprint density at radius 2 is 2.22 bits per heavy atom. The number of pyridine rings is 1. The van der Waals surface area contributed by atoms with E-state index >= 15 is 0 Å². The number of halogens is 1. The molecule has 1 amide bonds. The fourth-order valence-electron chi connectivity index (χ4n) is 1.59. The molecule has 0 aliphatic rings. The van der Waals surface area contributed by atoms with Gasteiger partial charge in [-0.05, 0) is 19.4 Å². The van der Waals surface area contributed by atoms with Crippen molar-refractivity contribution in [3.05, 3.63) is 29.8 Å². The van der Waals surface area contributed by atoms with Gasteiger partial charge in [0.05, 0.1) is 0 Å². The summed E-state index contributed by atoms with van der Waals surface area (Å²) in [5, 5.41) is 11.5. The summed E-state index contributed by atoms with van der Waals surface area (Å²) in [5.41, 5.74) is -1.31. The van der Waals surface area contributed by atoms with Gasteiger partial charge in [0.15, 0.2) is 0 Å². The Balaban J connectivity index is 2.88. The molecule has 0 aromatic carbocycles. The number of aliphatic carboxylic acids is 1. The van der Waals surface area contributed by atoms with Crippen molar-refractivity contribution in [2.45, 2.75) is 32.2 Å². The van der Waals surface area contributed by atoms with Gasteiger partial charge in [0, 0.05) is 17.8 Å². The van der Waals surface area contributed by atoms with Crippen LogP contribution in [0.2, 0.25) is 0 Å². The second-order valence-electron chi connectivity index (χ2n) is 4.21. The summed E-state index contributed by atoms with van der Waals surface area (Å²) in [6, 6.07) is 2.29. The van der Waals surface area contributed by atoms with Crippen LogP contribution in [0.4, 0.5) is 4.39 Å². The molecule has 18 heavy (non-hydrogen) atoms. The Kier molecular flexibility index (Phi) is 4.36. The molecule has 1 rings (SSSR count). The number of nitrogens with one attached hydrogen (secondary N) is 1. The summed E-state index contributed by atoms with van der Waals surface area (Å²) >= 11 is 0. The highest BCUT2D eigenvalue weighted by Gasteiger charge is 2.34. The number of carboxylic acids is 1. The number of aromatic nitrogens is 1. The minimum Gasteiger partial charge on any atom is -0.480 e. The lowest BCUT2D eigenvalue weighted by Gasteiger charge is -2.25. The van der Waals surface area contributed by atoms with Crippen molar-refractivity contribution >= 4 is 11.9 Å². The van der Waals surface area contributed by atoms with E-state index in [1.165, 1.54) is 13.0 Å². The molecule has 0 aliphatic heterocycles. The van der Waals surface area contributed by atoms with Crippen LogP contribution in [0.3, 0.4) is 0 Å². The van der Waals surface area contributed by atoms with Crippen LogP contribution in [0.25, 0.3) is 0 Å². The molecule has 98 valence electrons. The van der Waals surface area contributed by atoms with Gasteiger partial charge in [0.25, 0.3) is 5.91 Å². The molecular formula is C12H15FN2O3. The Morgan fingerprint density at radius 3 is 2.72 bits per heavy atom. The van der Waals surface area contributed by atoms with Crippen molar-refractivity contribution in [3.8, 4) is 0 Å². The van der Waals surface area contributed by atoms with Gasteiger partial charge in [0.2, 0.25) is 5.95 Å². The lowest BCUT2D eigenvalue weighted by molar-refractivity contribution is -0.144. The number of rotatable bonds is 5. The van der Waals surface area contributed by atoms with Gasteiger partial charge >= 0.3 is 5.97 Å². The van der Waals surface area contributed by atoms with E-state index in [-0.39, 0.29) is 5.56 Å².